The summed E-state index contributed by atoms with van der Waals surface area (Å²) >= 11 is 0. The summed E-state index contributed by atoms with van der Waals surface area (Å²) in [4.78, 5) is 26.1. The van der Waals surface area contributed by atoms with Crippen molar-refractivity contribution in [2.75, 3.05) is 38.2 Å². The molecular formula is C21H30N2O4. The number of esters is 1. The van der Waals surface area contributed by atoms with Crippen LogP contribution in [0.25, 0.3) is 0 Å². The van der Waals surface area contributed by atoms with Crippen LogP contribution in [-0.4, -0.2) is 49.7 Å². The summed E-state index contributed by atoms with van der Waals surface area (Å²) in [5.74, 6) is 0.0745. The van der Waals surface area contributed by atoms with Crippen molar-refractivity contribution >= 4 is 17.6 Å². The third-order valence-electron chi connectivity index (χ3n) is 5.34. The number of morpholine rings is 1. The Balaban J connectivity index is 1.34. The van der Waals surface area contributed by atoms with Crippen LogP contribution in [0.15, 0.2) is 24.3 Å². The molecule has 1 aliphatic heterocycles. The molecule has 2 fully saturated rings. The van der Waals surface area contributed by atoms with Crippen LogP contribution in [-0.2, 0) is 25.6 Å². The Hall–Kier alpha value is -1.92. The summed E-state index contributed by atoms with van der Waals surface area (Å²) in [5, 5.41) is 2.78. The van der Waals surface area contributed by atoms with Crippen molar-refractivity contribution in [1.82, 2.24) is 4.90 Å². The number of carbonyl (C=O) groups excluding carboxylic acids is 2. The third-order valence-corrected chi connectivity index (χ3v) is 5.34. The number of amides is 1. The molecule has 0 unspecified atom stereocenters. The standard InChI is InChI=1S/C21H30N2O4/c24-20(16-27-21(25)10-7-17-3-1-2-4-17)22-19-8-5-18(6-9-19)15-23-11-13-26-14-12-23/h5-6,8-9,17H,1-4,7,10-16H2,(H,22,24). The highest BCUT2D eigenvalue weighted by molar-refractivity contribution is 5.92. The fourth-order valence-electron chi connectivity index (χ4n) is 3.75. The average Bonchev–Trinajstić information content (AvgIpc) is 3.21. The Bertz CT molecular complexity index is 605. The maximum atomic E-state index is 12.0. The molecule has 1 N–H and O–H groups in total. The number of carbonyl (C=O) groups is 2. The lowest BCUT2D eigenvalue weighted by atomic mass is 10.0. The highest BCUT2D eigenvalue weighted by Gasteiger charge is 2.17. The molecule has 0 aromatic heterocycles. The summed E-state index contributed by atoms with van der Waals surface area (Å²) in [5.41, 5.74) is 1.92. The Morgan fingerprint density at radius 3 is 2.52 bits per heavy atom. The van der Waals surface area contributed by atoms with Gasteiger partial charge in [-0.2, -0.15) is 0 Å². The molecule has 6 nitrogen and oxygen atoms in total. The molecule has 1 aliphatic carbocycles. The first kappa shape index (κ1) is 19.8. The second-order valence-electron chi connectivity index (χ2n) is 7.48. The zero-order chi connectivity index (χ0) is 18.9. The zero-order valence-electron chi connectivity index (χ0n) is 16.0. The van der Waals surface area contributed by atoms with Crippen molar-refractivity contribution in [3.05, 3.63) is 29.8 Å². The molecular weight excluding hydrogens is 344 g/mol. The van der Waals surface area contributed by atoms with Gasteiger partial charge < -0.3 is 14.8 Å². The molecule has 1 heterocycles. The van der Waals surface area contributed by atoms with Gasteiger partial charge >= 0.3 is 5.97 Å². The van der Waals surface area contributed by atoms with E-state index < -0.39 is 0 Å². The summed E-state index contributed by atoms with van der Waals surface area (Å²) in [6.45, 7) is 4.13. The lowest BCUT2D eigenvalue weighted by Gasteiger charge is -2.26. The monoisotopic (exact) mass is 374 g/mol. The zero-order valence-corrected chi connectivity index (χ0v) is 16.0. The molecule has 0 spiro atoms. The molecule has 0 atom stereocenters. The van der Waals surface area contributed by atoms with Crippen LogP contribution in [0.5, 0.6) is 0 Å². The third kappa shape index (κ3) is 6.96. The van der Waals surface area contributed by atoms with Crippen LogP contribution in [0.1, 0.15) is 44.1 Å². The number of ether oxygens (including phenoxy) is 2. The molecule has 0 bridgehead atoms. The van der Waals surface area contributed by atoms with E-state index in [0.717, 1.165) is 39.3 Å². The van der Waals surface area contributed by atoms with Gasteiger partial charge in [0.2, 0.25) is 0 Å². The van der Waals surface area contributed by atoms with Gasteiger partial charge in [-0.1, -0.05) is 37.8 Å². The maximum absolute atomic E-state index is 12.0. The molecule has 6 heteroatoms. The van der Waals surface area contributed by atoms with Crippen molar-refractivity contribution in [1.29, 1.82) is 0 Å². The Morgan fingerprint density at radius 1 is 1.11 bits per heavy atom. The van der Waals surface area contributed by atoms with Gasteiger partial charge in [0.1, 0.15) is 0 Å². The Labute approximate surface area is 161 Å². The van der Waals surface area contributed by atoms with E-state index >= 15 is 0 Å². The quantitative estimate of drug-likeness (QED) is 0.709. The summed E-state index contributed by atoms with van der Waals surface area (Å²) in [7, 11) is 0. The smallest absolute Gasteiger partial charge is 0.306 e. The number of nitrogens with one attached hydrogen (secondary N) is 1. The normalized spacial score (nSPS) is 18.4. The van der Waals surface area contributed by atoms with Crippen molar-refractivity contribution in [3.8, 4) is 0 Å². The molecule has 1 amide bonds. The van der Waals surface area contributed by atoms with Crippen molar-refractivity contribution < 1.29 is 19.1 Å². The topological polar surface area (TPSA) is 67.9 Å². The summed E-state index contributed by atoms with van der Waals surface area (Å²) in [6, 6.07) is 7.79. The van der Waals surface area contributed by atoms with Crippen LogP contribution in [0.4, 0.5) is 5.69 Å². The van der Waals surface area contributed by atoms with Gasteiger partial charge in [0, 0.05) is 31.7 Å². The van der Waals surface area contributed by atoms with E-state index in [0.29, 0.717) is 18.0 Å². The number of rotatable bonds is 8. The molecule has 2 aliphatic rings. The van der Waals surface area contributed by atoms with Crippen LogP contribution >= 0.6 is 0 Å². The second-order valence-corrected chi connectivity index (χ2v) is 7.48. The molecule has 1 saturated carbocycles. The van der Waals surface area contributed by atoms with E-state index in [4.69, 9.17) is 9.47 Å². The predicted octanol–water partition coefficient (Wildman–Crippen LogP) is 2.97. The lowest BCUT2D eigenvalue weighted by molar-refractivity contribution is -0.147. The van der Waals surface area contributed by atoms with E-state index in [1.54, 1.807) is 0 Å². The largest absolute Gasteiger partial charge is 0.456 e. The highest BCUT2D eigenvalue weighted by Crippen LogP contribution is 2.28. The van der Waals surface area contributed by atoms with E-state index in [9.17, 15) is 9.59 Å². The van der Waals surface area contributed by atoms with Gasteiger partial charge in [-0.3, -0.25) is 14.5 Å². The molecule has 3 rings (SSSR count). The van der Waals surface area contributed by atoms with Gasteiger partial charge in [-0.15, -0.1) is 0 Å². The maximum Gasteiger partial charge on any atom is 0.306 e. The lowest BCUT2D eigenvalue weighted by Crippen LogP contribution is -2.35. The number of hydrogen-bond donors (Lipinski definition) is 1. The van der Waals surface area contributed by atoms with Gasteiger partial charge in [-0.05, 0) is 30.0 Å². The van der Waals surface area contributed by atoms with Crippen LogP contribution in [0.2, 0.25) is 0 Å². The number of hydrogen-bond acceptors (Lipinski definition) is 5. The fourth-order valence-corrected chi connectivity index (χ4v) is 3.75. The first-order chi connectivity index (χ1) is 13.2. The molecule has 27 heavy (non-hydrogen) atoms. The Kier molecular flexibility index (Phi) is 7.66. The first-order valence-corrected chi connectivity index (χ1v) is 10.0. The van der Waals surface area contributed by atoms with Crippen molar-refractivity contribution in [2.45, 2.75) is 45.1 Å². The predicted molar refractivity (Wildman–Crippen MR) is 103 cm³/mol. The summed E-state index contributed by atoms with van der Waals surface area (Å²) < 4.78 is 10.4. The number of nitrogens with zero attached hydrogens (tertiary/aromatic N) is 1. The van der Waals surface area contributed by atoms with Crippen molar-refractivity contribution in [3.63, 3.8) is 0 Å². The number of benzene rings is 1. The van der Waals surface area contributed by atoms with E-state index in [1.165, 1.54) is 31.2 Å². The highest BCUT2D eigenvalue weighted by atomic mass is 16.5. The van der Waals surface area contributed by atoms with Gasteiger partial charge in [0.15, 0.2) is 6.61 Å². The minimum Gasteiger partial charge on any atom is -0.456 e. The van der Waals surface area contributed by atoms with Gasteiger partial charge in [-0.25, -0.2) is 0 Å². The molecule has 1 saturated heterocycles. The fraction of sp³-hybridized carbons (Fsp3) is 0.619. The molecule has 148 valence electrons. The molecule has 0 radical (unpaired) electrons. The van der Waals surface area contributed by atoms with E-state index in [-0.39, 0.29) is 18.5 Å². The van der Waals surface area contributed by atoms with Crippen LogP contribution in [0, 0.1) is 5.92 Å². The minimum absolute atomic E-state index is 0.223. The van der Waals surface area contributed by atoms with E-state index in [2.05, 4.69) is 10.2 Å². The van der Waals surface area contributed by atoms with Crippen LogP contribution < -0.4 is 5.32 Å². The SMILES string of the molecule is O=C(COC(=O)CCC1CCCC1)Nc1ccc(CN2CCOCC2)cc1. The van der Waals surface area contributed by atoms with E-state index in [1.807, 2.05) is 24.3 Å². The Morgan fingerprint density at radius 2 is 1.81 bits per heavy atom. The first-order valence-electron chi connectivity index (χ1n) is 10.0. The minimum atomic E-state index is -0.301. The van der Waals surface area contributed by atoms with Crippen LogP contribution in [0.3, 0.4) is 0 Å². The number of anilines is 1. The van der Waals surface area contributed by atoms with Gasteiger partial charge in [0.25, 0.3) is 5.91 Å². The molecule has 1 aromatic carbocycles. The second kappa shape index (κ2) is 10.4. The van der Waals surface area contributed by atoms with Crippen molar-refractivity contribution in [2.24, 2.45) is 5.92 Å². The average molecular weight is 374 g/mol. The molecule has 1 aromatic rings. The van der Waals surface area contributed by atoms with Gasteiger partial charge in [0.05, 0.1) is 13.2 Å². The summed E-state index contributed by atoms with van der Waals surface area (Å²) in [6.07, 6.45) is 6.27.